The highest BCUT2D eigenvalue weighted by atomic mass is 31.2. The van der Waals surface area contributed by atoms with Crippen molar-refractivity contribution < 1.29 is 23.6 Å². The van der Waals surface area contributed by atoms with Crippen molar-refractivity contribution in [2.24, 2.45) is 0 Å². The van der Waals surface area contributed by atoms with Crippen LogP contribution in [0.1, 0.15) is 106 Å². The first-order valence-corrected chi connectivity index (χ1v) is 16.9. The lowest BCUT2D eigenvalue weighted by Gasteiger charge is -2.24. The van der Waals surface area contributed by atoms with Gasteiger partial charge in [0.15, 0.2) is 0 Å². The molecule has 0 aliphatic heterocycles. The lowest BCUT2D eigenvalue weighted by atomic mass is 10.0. The minimum atomic E-state index is -4.48. The maximum atomic E-state index is 15.6. The fourth-order valence-electron chi connectivity index (χ4n) is 5.69. The number of ether oxygens (including phenoxy) is 2. The molecule has 0 amide bonds. The van der Waals surface area contributed by atoms with Crippen LogP contribution < -0.4 is 14.8 Å². The van der Waals surface area contributed by atoms with Crippen LogP contribution in [0.4, 0.5) is 0 Å². The van der Waals surface area contributed by atoms with Crippen LogP contribution in [0, 0.1) is 41.5 Å². The van der Waals surface area contributed by atoms with Crippen molar-refractivity contribution >= 4 is 23.5 Å². The summed E-state index contributed by atoms with van der Waals surface area (Å²) in [6, 6.07) is 12.7. The van der Waals surface area contributed by atoms with E-state index in [9.17, 15) is 9.59 Å². The van der Waals surface area contributed by atoms with Gasteiger partial charge in [0.25, 0.3) is 7.14 Å². The molecule has 0 saturated heterocycles. The molecule has 0 radical (unpaired) electrons. The highest BCUT2D eigenvalue weighted by Gasteiger charge is 2.47. The fourth-order valence-corrected chi connectivity index (χ4v) is 8.41. The molecule has 0 bridgehead atoms. The number of hydrogen-bond acceptors (Lipinski definition) is 5. The first-order chi connectivity index (χ1) is 19.9. The van der Waals surface area contributed by atoms with Crippen molar-refractivity contribution in [3.05, 3.63) is 87.0 Å². The van der Waals surface area contributed by atoms with Crippen molar-refractivity contribution in [1.29, 1.82) is 0 Å². The summed E-state index contributed by atoms with van der Waals surface area (Å²) in [4.78, 5) is 29.4. The number of unbranched alkanes of at least 4 members (excludes halogenated alkanes) is 4. The van der Waals surface area contributed by atoms with E-state index in [-0.39, 0.29) is 5.30 Å². The Kier molecular flexibility index (Phi) is 11.8. The predicted octanol–water partition coefficient (Wildman–Crippen LogP) is 9.34. The summed E-state index contributed by atoms with van der Waals surface area (Å²) in [5, 5.41) is 0.112. The quantitative estimate of drug-likeness (QED) is 0.130. The number of hydrogen-bond donors (Lipinski definition) is 0. The largest absolute Gasteiger partial charge is 0.494 e. The molecule has 6 heteroatoms. The second-order valence-electron chi connectivity index (χ2n) is 11.5. The zero-order chi connectivity index (χ0) is 31.0. The van der Waals surface area contributed by atoms with E-state index in [0.29, 0.717) is 58.1 Å². The van der Waals surface area contributed by atoms with Crippen LogP contribution in [-0.2, 0) is 4.57 Å². The topological polar surface area (TPSA) is 69.7 Å². The summed E-state index contributed by atoms with van der Waals surface area (Å²) in [7, 11) is -4.48. The lowest BCUT2D eigenvalue weighted by molar-refractivity contribution is 0.103. The smallest absolute Gasteiger partial charge is 0.252 e. The maximum absolute atomic E-state index is 15.6. The average molecular weight is 591 g/mol. The van der Waals surface area contributed by atoms with Crippen LogP contribution in [-0.4, -0.2) is 24.3 Å². The molecule has 3 rings (SSSR count). The predicted molar refractivity (Wildman–Crippen MR) is 174 cm³/mol. The fraction of sp³-hybridized carbons (Fsp3) is 0.444. The molecule has 0 atom stereocenters. The molecule has 3 aromatic carbocycles. The van der Waals surface area contributed by atoms with Gasteiger partial charge in [-0.25, -0.2) is 0 Å². The highest BCUT2D eigenvalue weighted by Crippen LogP contribution is 2.55. The second kappa shape index (κ2) is 14.8. The summed E-state index contributed by atoms with van der Waals surface area (Å²) >= 11 is 0. The van der Waals surface area contributed by atoms with Gasteiger partial charge in [-0.15, -0.1) is 0 Å². The van der Waals surface area contributed by atoms with E-state index in [1.807, 2.05) is 65.8 Å². The molecule has 0 aromatic heterocycles. The third kappa shape index (κ3) is 7.42. The zero-order valence-corrected chi connectivity index (χ0v) is 27.6. The molecule has 0 aliphatic rings. The van der Waals surface area contributed by atoms with Crippen LogP contribution in [0.5, 0.6) is 11.5 Å². The van der Waals surface area contributed by atoms with Crippen molar-refractivity contribution in [3.8, 4) is 11.5 Å². The second-order valence-corrected chi connectivity index (χ2v) is 14.0. The molecule has 0 spiro atoms. The van der Waals surface area contributed by atoms with E-state index in [0.717, 1.165) is 49.7 Å². The molecular weight excluding hydrogens is 543 g/mol. The van der Waals surface area contributed by atoms with Gasteiger partial charge in [0, 0.05) is 11.1 Å². The molecule has 3 aromatic rings. The molecule has 42 heavy (non-hydrogen) atoms. The normalized spacial score (nSPS) is 11.4. The standard InChI is InChI=1S/C36H47O5P/c1-9-11-13-17-40-30-15-16-31(41-18-14-12-10-2)32(23-30)42(39,35(37)33-26(5)19-24(3)20-27(33)6)36(38)34-28(7)21-25(4)22-29(34)8/h15-16,19-23H,9-14,17-18H2,1-8H3. The van der Waals surface area contributed by atoms with Gasteiger partial charge >= 0.3 is 0 Å². The van der Waals surface area contributed by atoms with Gasteiger partial charge in [-0.3, -0.25) is 9.59 Å². The first kappa shape index (κ1) is 33.3. The zero-order valence-electron chi connectivity index (χ0n) is 26.7. The van der Waals surface area contributed by atoms with Gasteiger partial charge in [-0.1, -0.05) is 74.9 Å². The summed E-state index contributed by atoms with van der Waals surface area (Å²) in [6.07, 6.45) is 5.77. The Hall–Kier alpha value is -3.17. The van der Waals surface area contributed by atoms with Gasteiger partial charge in [-0.05, 0) is 94.8 Å². The Morgan fingerprint density at radius 3 is 1.48 bits per heavy atom. The third-order valence-electron chi connectivity index (χ3n) is 7.65. The Morgan fingerprint density at radius 2 is 1.05 bits per heavy atom. The van der Waals surface area contributed by atoms with Crippen molar-refractivity contribution in [2.45, 2.75) is 93.9 Å². The van der Waals surface area contributed by atoms with Gasteiger partial charge in [0.1, 0.15) is 11.5 Å². The number of aryl methyl sites for hydroxylation is 6. The number of rotatable bonds is 15. The Labute approximate surface area is 252 Å². The minimum absolute atomic E-state index is 0.112. The Balaban J connectivity index is 2.31. The van der Waals surface area contributed by atoms with Gasteiger partial charge in [0.2, 0.25) is 11.0 Å². The van der Waals surface area contributed by atoms with E-state index in [1.54, 1.807) is 18.2 Å². The Morgan fingerprint density at radius 1 is 0.619 bits per heavy atom. The average Bonchev–Trinajstić information content (AvgIpc) is 2.92. The van der Waals surface area contributed by atoms with Crippen LogP contribution in [0.15, 0.2) is 42.5 Å². The van der Waals surface area contributed by atoms with Crippen LogP contribution in [0.25, 0.3) is 0 Å². The monoisotopic (exact) mass is 590 g/mol. The summed E-state index contributed by atoms with van der Waals surface area (Å²) in [6.45, 7) is 16.4. The van der Waals surface area contributed by atoms with Crippen molar-refractivity contribution in [2.75, 3.05) is 13.2 Å². The molecule has 5 nitrogen and oxygen atoms in total. The van der Waals surface area contributed by atoms with Crippen LogP contribution in [0.3, 0.4) is 0 Å². The van der Waals surface area contributed by atoms with E-state index < -0.39 is 18.2 Å². The van der Waals surface area contributed by atoms with E-state index >= 15 is 4.57 Å². The van der Waals surface area contributed by atoms with Crippen molar-refractivity contribution in [1.82, 2.24) is 0 Å². The summed E-state index contributed by atoms with van der Waals surface area (Å²) in [5.74, 6) is 0.763. The molecular formula is C36H47O5P. The molecule has 0 fully saturated rings. The van der Waals surface area contributed by atoms with Crippen LogP contribution >= 0.6 is 7.14 Å². The summed E-state index contributed by atoms with van der Waals surface area (Å²) in [5.41, 5.74) is 4.09. The Bertz CT molecular complexity index is 1370. The van der Waals surface area contributed by atoms with E-state index in [4.69, 9.17) is 9.47 Å². The molecule has 0 aliphatic carbocycles. The van der Waals surface area contributed by atoms with Gasteiger partial charge in [0.05, 0.1) is 18.5 Å². The number of carbonyl (C=O) groups is 2. The van der Waals surface area contributed by atoms with Gasteiger partial charge in [-0.2, -0.15) is 0 Å². The number of carbonyl (C=O) groups excluding carboxylic acids is 2. The van der Waals surface area contributed by atoms with E-state index in [1.165, 1.54) is 0 Å². The molecule has 0 saturated carbocycles. The van der Waals surface area contributed by atoms with Crippen molar-refractivity contribution in [3.63, 3.8) is 0 Å². The minimum Gasteiger partial charge on any atom is -0.494 e. The molecule has 0 unspecified atom stereocenters. The van der Waals surface area contributed by atoms with E-state index in [2.05, 4.69) is 13.8 Å². The molecule has 0 heterocycles. The summed E-state index contributed by atoms with van der Waals surface area (Å²) < 4.78 is 27.8. The number of benzene rings is 3. The first-order valence-electron chi connectivity index (χ1n) is 15.2. The van der Waals surface area contributed by atoms with Gasteiger partial charge < -0.3 is 14.0 Å². The van der Waals surface area contributed by atoms with Crippen LogP contribution in [0.2, 0.25) is 0 Å². The SMILES string of the molecule is CCCCCOc1ccc(OCCCCC)c(P(=O)(C(=O)c2c(C)cc(C)cc2C)C(=O)c2c(C)cc(C)cc2C)c1. The maximum Gasteiger partial charge on any atom is 0.252 e. The molecule has 0 N–H and O–H groups in total. The molecule has 226 valence electrons. The highest BCUT2D eigenvalue weighted by molar-refractivity contribution is 8.01. The lowest BCUT2D eigenvalue weighted by Crippen LogP contribution is -2.25. The third-order valence-corrected chi connectivity index (χ3v) is 10.3.